The van der Waals surface area contributed by atoms with Crippen molar-refractivity contribution in [3.05, 3.63) is 40.0 Å². The van der Waals surface area contributed by atoms with Crippen LogP contribution in [0.4, 0.5) is 0 Å². The van der Waals surface area contributed by atoms with Crippen LogP contribution >= 0.6 is 23.2 Å². The molecule has 2 aromatic rings. The van der Waals surface area contributed by atoms with Crippen LogP contribution in [0.25, 0.3) is 11.3 Å². The third-order valence-corrected chi connectivity index (χ3v) is 5.16. The number of likely N-dealkylation sites (N-methyl/N-ethyl adjacent to an activating group) is 1. The fourth-order valence-corrected chi connectivity index (χ4v) is 3.22. The molecule has 0 saturated carbocycles. The molecular formula is C17H20Cl2N4O. The molecule has 0 spiro atoms. The van der Waals surface area contributed by atoms with Gasteiger partial charge in [0.1, 0.15) is 0 Å². The van der Waals surface area contributed by atoms with E-state index in [9.17, 15) is 4.79 Å². The molecule has 1 saturated heterocycles. The van der Waals surface area contributed by atoms with Gasteiger partial charge in [0.05, 0.1) is 15.7 Å². The van der Waals surface area contributed by atoms with Gasteiger partial charge in [-0.15, -0.1) is 0 Å². The number of benzene rings is 1. The SMILES string of the molecule is CCN1CCN(C(=O)c2cc(-c3ccc(Cl)c(Cl)c3)n(C)n2)CC1. The molecule has 7 heteroatoms. The zero-order valence-electron chi connectivity index (χ0n) is 13.8. The predicted molar refractivity (Wildman–Crippen MR) is 96.7 cm³/mol. The van der Waals surface area contributed by atoms with Gasteiger partial charge in [0.2, 0.25) is 0 Å². The number of hydrogen-bond acceptors (Lipinski definition) is 3. The van der Waals surface area contributed by atoms with Crippen molar-refractivity contribution in [2.75, 3.05) is 32.7 Å². The van der Waals surface area contributed by atoms with Crippen molar-refractivity contribution in [1.82, 2.24) is 19.6 Å². The fourth-order valence-electron chi connectivity index (χ4n) is 2.93. The van der Waals surface area contributed by atoms with Gasteiger partial charge in [0.15, 0.2) is 5.69 Å². The Morgan fingerprint density at radius 1 is 1.12 bits per heavy atom. The van der Waals surface area contributed by atoms with Crippen LogP contribution < -0.4 is 0 Å². The minimum Gasteiger partial charge on any atom is -0.335 e. The molecule has 1 amide bonds. The van der Waals surface area contributed by atoms with E-state index in [-0.39, 0.29) is 5.91 Å². The maximum absolute atomic E-state index is 12.7. The monoisotopic (exact) mass is 366 g/mol. The summed E-state index contributed by atoms with van der Waals surface area (Å²) >= 11 is 12.1. The van der Waals surface area contributed by atoms with Gasteiger partial charge in [-0.2, -0.15) is 5.10 Å². The van der Waals surface area contributed by atoms with Crippen LogP contribution in [-0.4, -0.2) is 58.2 Å². The van der Waals surface area contributed by atoms with Crippen molar-refractivity contribution in [2.45, 2.75) is 6.92 Å². The van der Waals surface area contributed by atoms with Crippen LogP contribution in [0.2, 0.25) is 10.0 Å². The fraction of sp³-hybridized carbons (Fsp3) is 0.412. The molecule has 2 heterocycles. The zero-order chi connectivity index (χ0) is 17.3. The number of halogens is 2. The molecule has 24 heavy (non-hydrogen) atoms. The van der Waals surface area contributed by atoms with Gasteiger partial charge in [-0.3, -0.25) is 9.48 Å². The van der Waals surface area contributed by atoms with Crippen LogP contribution in [0.5, 0.6) is 0 Å². The normalized spacial score (nSPS) is 15.8. The third kappa shape index (κ3) is 3.43. The molecule has 128 valence electrons. The molecule has 0 radical (unpaired) electrons. The number of hydrogen-bond donors (Lipinski definition) is 0. The van der Waals surface area contributed by atoms with E-state index >= 15 is 0 Å². The molecule has 5 nitrogen and oxygen atoms in total. The Balaban J connectivity index is 1.81. The second-order valence-electron chi connectivity index (χ2n) is 5.89. The van der Waals surface area contributed by atoms with Crippen molar-refractivity contribution in [1.29, 1.82) is 0 Å². The number of amides is 1. The van der Waals surface area contributed by atoms with E-state index in [1.165, 1.54) is 0 Å². The maximum atomic E-state index is 12.7. The summed E-state index contributed by atoms with van der Waals surface area (Å²) in [5.74, 6) is -0.0207. The van der Waals surface area contributed by atoms with Crippen LogP contribution in [-0.2, 0) is 7.05 Å². The smallest absolute Gasteiger partial charge is 0.274 e. The molecule has 1 aliphatic rings. The minimum absolute atomic E-state index is 0.0207. The Morgan fingerprint density at radius 2 is 1.83 bits per heavy atom. The van der Waals surface area contributed by atoms with Crippen LogP contribution in [0, 0.1) is 0 Å². The molecule has 0 N–H and O–H groups in total. The molecule has 1 aromatic heterocycles. The number of carbonyl (C=O) groups excluding carboxylic acids is 1. The summed E-state index contributed by atoms with van der Waals surface area (Å²) in [6.45, 7) is 6.47. The highest BCUT2D eigenvalue weighted by Gasteiger charge is 2.24. The molecule has 1 aromatic carbocycles. The largest absolute Gasteiger partial charge is 0.335 e. The Kier molecular flexibility index (Phi) is 5.13. The molecule has 0 bridgehead atoms. The molecule has 1 fully saturated rings. The van der Waals surface area contributed by atoms with Gasteiger partial charge in [-0.25, -0.2) is 0 Å². The summed E-state index contributed by atoms with van der Waals surface area (Å²) in [6.07, 6.45) is 0. The minimum atomic E-state index is -0.0207. The lowest BCUT2D eigenvalue weighted by Crippen LogP contribution is -2.48. The van der Waals surface area contributed by atoms with E-state index in [0.717, 1.165) is 44.0 Å². The summed E-state index contributed by atoms with van der Waals surface area (Å²) in [7, 11) is 1.82. The van der Waals surface area contributed by atoms with Crippen molar-refractivity contribution < 1.29 is 4.79 Å². The summed E-state index contributed by atoms with van der Waals surface area (Å²) in [6, 6.07) is 7.22. The first-order chi connectivity index (χ1) is 11.5. The van der Waals surface area contributed by atoms with Gasteiger partial charge in [-0.1, -0.05) is 36.2 Å². The predicted octanol–water partition coefficient (Wildman–Crippen LogP) is 3.17. The highest BCUT2D eigenvalue weighted by atomic mass is 35.5. The van der Waals surface area contributed by atoms with Gasteiger partial charge in [0, 0.05) is 38.8 Å². The first-order valence-electron chi connectivity index (χ1n) is 8.00. The summed E-state index contributed by atoms with van der Waals surface area (Å²) in [4.78, 5) is 16.9. The van der Waals surface area contributed by atoms with Crippen molar-refractivity contribution >= 4 is 29.1 Å². The van der Waals surface area contributed by atoms with E-state index in [1.807, 2.05) is 24.1 Å². The molecule has 3 rings (SSSR count). The first kappa shape index (κ1) is 17.3. The van der Waals surface area contributed by atoms with E-state index < -0.39 is 0 Å². The number of carbonyl (C=O) groups is 1. The number of aromatic nitrogens is 2. The van der Waals surface area contributed by atoms with Crippen LogP contribution in [0.3, 0.4) is 0 Å². The Labute approximate surface area is 151 Å². The van der Waals surface area contributed by atoms with Gasteiger partial charge in [-0.05, 0) is 24.7 Å². The third-order valence-electron chi connectivity index (χ3n) is 4.42. The number of rotatable bonds is 3. The van der Waals surface area contributed by atoms with Gasteiger partial charge < -0.3 is 9.80 Å². The summed E-state index contributed by atoms with van der Waals surface area (Å²) in [5, 5.41) is 5.38. The molecule has 1 aliphatic heterocycles. The first-order valence-corrected chi connectivity index (χ1v) is 8.76. The standard InChI is InChI=1S/C17H20Cl2N4O/c1-3-22-6-8-23(9-7-22)17(24)15-11-16(21(2)20-15)12-4-5-13(18)14(19)10-12/h4-5,10-11H,3,6-9H2,1-2H3. The number of nitrogens with zero attached hydrogens (tertiary/aromatic N) is 4. The summed E-state index contributed by atoms with van der Waals surface area (Å²) < 4.78 is 1.70. The van der Waals surface area contributed by atoms with Crippen LogP contribution in [0.1, 0.15) is 17.4 Å². The summed E-state index contributed by atoms with van der Waals surface area (Å²) in [5.41, 5.74) is 2.18. The van der Waals surface area contributed by atoms with Crippen molar-refractivity contribution in [2.24, 2.45) is 7.05 Å². The molecule has 0 aliphatic carbocycles. The lowest BCUT2D eigenvalue weighted by molar-refractivity contribution is 0.0637. The lowest BCUT2D eigenvalue weighted by Gasteiger charge is -2.33. The Bertz CT molecular complexity index is 751. The van der Waals surface area contributed by atoms with Gasteiger partial charge in [0.25, 0.3) is 5.91 Å². The van der Waals surface area contributed by atoms with Gasteiger partial charge >= 0.3 is 0 Å². The lowest BCUT2D eigenvalue weighted by atomic mass is 10.1. The topological polar surface area (TPSA) is 41.4 Å². The molecular weight excluding hydrogens is 347 g/mol. The van der Waals surface area contributed by atoms with E-state index in [0.29, 0.717) is 15.7 Å². The Hall–Kier alpha value is -1.56. The zero-order valence-corrected chi connectivity index (χ0v) is 15.3. The molecule has 0 unspecified atom stereocenters. The van der Waals surface area contributed by atoms with Crippen molar-refractivity contribution in [3.63, 3.8) is 0 Å². The molecule has 0 atom stereocenters. The average molecular weight is 367 g/mol. The highest BCUT2D eigenvalue weighted by Crippen LogP contribution is 2.28. The highest BCUT2D eigenvalue weighted by molar-refractivity contribution is 6.42. The maximum Gasteiger partial charge on any atom is 0.274 e. The van der Waals surface area contributed by atoms with E-state index in [1.54, 1.807) is 16.8 Å². The second kappa shape index (κ2) is 7.13. The second-order valence-corrected chi connectivity index (χ2v) is 6.71. The van der Waals surface area contributed by atoms with E-state index in [4.69, 9.17) is 23.2 Å². The average Bonchev–Trinajstić information content (AvgIpc) is 2.98. The van der Waals surface area contributed by atoms with Crippen LogP contribution in [0.15, 0.2) is 24.3 Å². The quantitative estimate of drug-likeness (QED) is 0.837. The number of aryl methyl sites for hydroxylation is 1. The van der Waals surface area contributed by atoms with Crippen molar-refractivity contribution in [3.8, 4) is 11.3 Å². The number of piperazine rings is 1. The Morgan fingerprint density at radius 3 is 2.46 bits per heavy atom. The van der Waals surface area contributed by atoms with E-state index in [2.05, 4.69) is 16.9 Å².